The summed E-state index contributed by atoms with van der Waals surface area (Å²) >= 11 is 1.52. The van der Waals surface area contributed by atoms with Crippen molar-refractivity contribution < 1.29 is 5.11 Å². The van der Waals surface area contributed by atoms with E-state index in [9.17, 15) is 5.11 Å². The van der Waals surface area contributed by atoms with E-state index < -0.39 is 0 Å². The van der Waals surface area contributed by atoms with Gasteiger partial charge >= 0.3 is 0 Å². The zero-order valence-electron chi connectivity index (χ0n) is 15.1. The van der Waals surface area contributed by atoms with Crippen LogP contribution in [0.25, 0.3) is 0 Å². The van der Waals surface area contributed by atoms with Gasteiger partial charge in [0.05, 0.1) is 22.0 Å². The van der Waals surface area contributed by atoms with Gasteiger partial charge in [-0.3, -0.25) is 9.58 Å². The SMILES string of the molecule is CC(C)c1nnsc1CN1CCCn2nc([C@@H](O)C3CCC3)cc2C1. The van der Waals surface area contributed by atoms with E-state index in [2.05, 4.69) is 39.1 Å². The number of aliphatic hydroxyl groups is 1. The van der Waals surface area contributed by atoms with Crippen LogP contribution in [0.5, 0.6) is 0 Å². The Labute approximate surface area is 153 Å². The maximum absolute atomic E-state index is 10.5. The van der Waals surface area contributed by atoms with E-state index >= 15 is 0 Å². The average molecular weight is 362 g/mol. The molecular weight excluding hydrogens is 334 g/mol. The molecule has 2 aromatic rings. The molecule has 0 saturated heterocycles. The molecule has 2 aliphatic rings. The first-order valence-electron chi connectivity index (χ1n) is 9.40. The Morgan fingerprint density at radius 2 is 2.12 bits per heavy atom. The highest BCUT2D eigenvalue weighted by atomic mass is 32.1. The summed E-state index contributed by atoms with van der Waals surface area (Å²) in [6.45, 7) is 8.11. The molecule has 7 heteroatoms. The zero-order valence-corrected chi connectivity index (χ0v) is 15.9. The Hall–Kier alpha value is -1.31. The fourth-order valence-corrected chi connectivity index (χ4v) is 4.63. The van der Waals surface area contributed by atoms with E-state index in [1.54, 1.807) is 0 Å². The molecule has 6 nitrogen and oxygen atoms in total. The van der Waals surface area contributed by atoms with Gasteiger partial charge in [-0.05, 0) is 48.7 Å². The molecule has 2 aromatic heterocycles. The molecule has 0 radical (unpaired) electrons. The highest BCUT2D eigenvalue weighted by Gasteiger charge is 2.30. The van der Waals surface area contributed by atoms with E-state index in [0.29, 0.717) is 11.8 Å². The molecule has 1 atom stereocenters. The summed E-state index contributed by atoms with van der Waals surface area (Å²) in [5.41, 5.74) is 3.21. The molecule has 0 spiro atoms. The van der Waals surface area contributed by atoms with Crippen LogP contribution >= 0.6 is 11.5 Å². The number of fused-ring (bicyclic) bond motifs is 1. The Kier molecular flexibility index (Phi) is 4.88. The largest absolute Gasteiger partial charge is 0.386 e. The van der Waals surface area contributed by atoms with Crippen LogP contribution in [0, 0.1) is 5.92 Å². The molecule has 0 aromatic carbocycles. The van der Waals surface area contributed by atoms with Gasteiger partial charge in [0.15, 0.2) is 0 Å². The van der Waals surface area contributed by atoms with Crippen molar-refractivity contribution in [3.8, 4) is 0 Å². The summed E-state index contributed by atoms with van der Waals surface area (Å²) in [5.74, 6) is 0.822. The number of hydrogen-bond donors (Lipinski definition) is 1. The lowest BCUT2D eigenvalue weighted by Crippen LogP contribution is -2.23. The second-order valence-corrected chi connectivity index (χ2v) is 8.56. The van der Waals surface area contributed by atoms with Crippen molar-refractivity contribution in [3.63, 3.8) is 0 Å². The Bertz CT molecular complexity index is 721. The highest BCUT2D eigenvalue weighted by molar-refractivity contribution is 7.05. The Morgan fingerprint density at radius 3 is 2.84 bits per heavy atom. The van der Waals surface area contributed by atoms with E-state index in [1.807, 2.05) is 0 Å². The Morgan fingerprint density at radius 1 is 1.28 bits per heavy atom. The maximum Gasteiger partial charge on any atom is 0.101 e. The standard InChI is InChI=1S/C18H27N5OS/c1-12(2)17-16(25-21-19-17)11-22-7-4-8-23-14(10-22)9-15(20-23)18(24)13-5-3-6-13/h9,12-13,18,24H,3-8,10-11H2,1-2H3/t18-/m0/s1. The van der Waals surface area contributed by atoms with E-state index in [1.165, 1.54) is 28.5 Å². The quantitative estimate of drug-likeness (QED) is 0.886. The van der Waals surface area contributed by atoms with Crippen LogP contribution in [0.15, 0.2) is 6.07 Å². The van der Waals surface area contributed by atoms with Gasteiger partial charge in [0.25, 0.3) is 0 Å². The summed E-state index contributed by atoms with van der Waals surface area (Å²) in [6, 6.07) is 2.12. The number of nitrogens with zero attached hydrogens (tertiary/aromatic N) is 5. The van der Waals surface area contributed by atoms with Gasteiger partial charge in [-0.25, -0.2) is 0 Å². The summed E-state index contributed by atoms with van der Waals surface area (Å²) in [4.78, 5) is 3.74. The van der Waals surface area contributed by atoms with E-state index in [-0.39, 0.29) is 6.10 Å². The molecule has 1 aliphatic heterocycles. The molecule has 1 saturated carbocycles. The number of rotatable bonds is 5. The zero-order chi connectivity index (χ0) is 17.4. The summed E-state index contributed by atoms with van der Waals surface area (Å²) < 4.78 is 6.26. The van der Waals surface area contributed by atoms with Gasteiger partial charge in [-0.2, -0.15) is 5.10 Å². The van der Waals surface area contributed by atoms with Crippen LogP contribution in [-0.4, -0.2) is 35.9 Å². The lowest BCUT2D eigenvalue weighted by Gasteiger charge is -2.29. The lowest BCUT2D eigenvalue weighted by atomic mass is 9.80. The van der Waals surface area contributed by atoms with Crippen LogP contribution in [0.1, 0.15) is 73.5 Å². The van der Waals surface area contributed by atoms with Crippen molar-refractivity contribution in [1.82, 2.24) is 24.3 Å². The Balaban J connectivity index is 1.48. The molecule has 3 heterocycles. The van der Waals surface area contributed by atoms with E-state index in [4.69, 9.17) is 5.10 Å². The third-order valence-corrected chi connectivity index (χ3v) is 6.23. The third-order valence-electron chi connectivity index (χ3n) is 5.51. The highest BCUT2D eigenvalue weighted by Crippen LogP contribution is 2.37. The van der Waals surface area contributed by atoms with Crippen LogP contribution in [-0.2, 0) is 19.6 Å². The first-order chi connectivity index (χ1) is 12.1. The van der Waals surface area contributed by atoms with Gasteiger partial charge in [0.1, 0.15) is 6.10 Å². The van der Waals surface area contributed by atoms with Crippen molar-refractivity contribution >= 4 is 11.5 Å². The van der Waals surface area contributed by atoms with Crippen molar-refractivity contribution in [3.05, 3.63) is 28.0 Å². The van der Waals surface area contributed by atoms with Crippen LogP contribution in [0.3, 0.4) is 0 Å². The van der Waals surface area contributed by atoms with Crippen molar-refractivity contribution in [2.24, 2.45) is 5.92 Å². The molecule has 1 aliphatic carbocycles. The molecular formula is C18H27N5OS. The van der Waals surface area contributed by atoms with Gasteiger partial charge in [0, 0.05) is 26.2 Å². The lowest BCUT2D eigenvalue weighted by molar-refractivity contribution is 0.0581. The topological polar surface area (TPSA) is 67.1 Å². The summed E-state index contributed by atoms with van der Waals surface area (Å²) in [7, 11) is 0. The number of aliphatic hydroxyl groups excluding tert-OH is 1. The fraction of sp³-hybridized carbons (Fsp3) is 0.722. The van der Waals surface area contributed by atoms with Gasteiger partial charge in [0.2, 0.25) is 0 Å². The second kappa shape index (κ2) is 7.13. The second-order valence-electron chi connectivity index (χ2n) is 7.72. The summed E-state index contributed by atoms with van der Waals surface area (Å²) in [5, 5.41) is 19.5. The molecule has 1 fully saturated rings. The molecule has 25 heavy (non-hydrogen) atoms. The first-order valence-corrected chi connectivity index (χ1v) is 10.2. The monoisotopic (exact) mass is 361 g/mol. The van der Waals surface area contributed by atoms with Crippen LogP contribution in [0.2, 0.25) is 0 Å². The van der Waals surface area contributed by atoms with Gasteiger partial charge in [-0.1, -0.05) is 24.8 Å². The predicted octanol–water partition coefficient (Wildman–Crippen LogP) is 3.10. The van der Waals surface area contributed by atoms with E-state index in [0.717, 1.165) is 56.8 Å². The molecule has 4 rings (SSSR count). The van der Waals surface area contributed by atoms with Gasteiger partial charge < -0.3 is 5.11 Å². The minimum Gasteiger partial charge on any atom is -0.386 e. The molecule has 1 N–H and O–H groups in total. The van der Waals surface area contributed by atoms with Gasteiger partial charge in [-0.15, -0.1) is 5.10 Å². The summed E-state index contributed by atoms with van der Waals surface area (Å²) in [6.07, 6.45) is 4.19. The normalized spacial score (nSPS) is 20.3. The number of aromatic nitrogens is 4. The first kappa shape index (κ1) is 17.1. The fourth-order valence-electron chi connectivity index (χ4n) is 3.79. The van der Waals surface area contributed by atoms with Crippen LogP contribution < -0.4 is 0 Å². The minimum absolute atomic E-state index is 0.389. The number of hydrogen-bond acceptors (Lipinski definition) is 6. The molecule has 0 unspecified atom stereocenters. The minimum atomic E-state index is -0.389. The van der Waals surface area contributed by atoms with Crippen molar-refractivity contribution in [2.45, 2.75) is 71.2 Å². The predicted molar refractivity (Wildman–Crippen MR) is 97.3 cm³/mol. The molecule has 0 amide bonds. The molecule has 136 valence electrons. The van der Waals surface area contributed by atoms with Crippen LogP contribution in [0.4, 0.5) is 0 Å². The smallest absolute Gasteiger partial charge is 0.101 e. The van der Waals surface area contributed by atoms with Crippen molar-refractivity contribution in [2.75, 3.05) is 6.54 Å². The van der Waals surface area contributed by atoms with Crippen molar-refractivity contribution in [1.29, 1.82) is 0 Å². The maximum atomic E-state index is 10.5. The molecule has 0 bridgehead atoms. The number of aryl methyl sites for hydroxylation is 1. The average Bonchev–Trinajstić information content (AvgIpc) is 3.09. The third kappa shape index (κ3) is 3.50.